The predicted molar refractivity (Wildman–Crippen MR) is 114 cm³/mol. The van der Waals surface area contributed by atoms with Crippen molar-refractivity contribution in [1.29, 1.82) is 0 Å². The number of rotatable bonds is 10. The molecule has 1 N–H and O–H groups in total. The first kappa shape index (κ1) is 22.6. The predicted octanol–water partition coefficient (Wildman–Crippen LogP) is 4.40. The third-order valence-corrected chi connectivity index (χ3v) is 4.95. The molecule has 4 nitrogen and oxygen atoms in total. The van der Waals surface area contributed by atoms with Gasteiger partial charge in [-0.2, -0.15) is 0 Å². The van der Waals surface area contributed by atoms with Crippen LogP contribution in [0.5, 0.6) is 0 Å². The third-order valence-electron chi connectivity index (χ3n) is 4.95. The molecule has 2 aromatic rings. The molecule has 0 aliphatic carbocycles. The molecule has 29 heavy (non-hydrogen) atoms. The molecule has 0 saturated carbocycles. The van der Waals surface area contributed by atoms with Crippen LogP contribution in [0.4, 0.5) is 4.39 Å². The lowest BCUT2D eigenvalue weighted by Gasteiger charge is -2.31. The Morgan fingerprint density at radius 2 is 1.86 bits per heavy atom. The van der Waals surface area contributed by atoms with E-state index in [2.05, 4.69) is 12.2 Å². The average Bonchev–Trinajstić information content (AvgIpc) is 2.70. The summed E-state index contributed by atoms with van der Waals surface area (Å²) in [6.07, 6.45) is 2.30. The molecule has 0 heterocycles. The SMILES string of the molecule is CCCCNC(=O)[C@@H](CC)N(Cc1cccc(C)c1)C(=O)Cc1ccccc1F. The monoisotopic (exact) mass is 398 g/mol. The van der Waals surface area contributed by atoms with E-state index < -0.39 is 11.9 Å². The van der Waals surface area contributed by atoms with Crippen molar-refractivity contribution in [1.82, 2.24) is 10.2 Å². The van der Waals surface area contributed by atoms with Crippen molar-refractivity contribution in [2.75, 3.05) is 6.54 Å². The fourth-order valence-corrected chi connectivity index (χ4v) is 3.34. The van der Waals surface area contributed by atoms with Gasteiger partial charge in [0, 0.05) is 13.1 Å². The number of nitrogens with zero attached hydrogens (tertiary/aromatic N) is 1. The molecule has 2 amide bonds. The van der Waals surface area contributed by atoms with E-state index in [0.29, 0.717) is 25.1 Å². The Morgan fingerprint density at radius 3 is 2.52 bits per heavy atom. The standard InChI is InChI=1S/C24H31FN2O2/c1-4-6-14-26-24(29)22(5-2)27(17-19-11-9-10-18(3)15-19)23(28)16-20-12-7-8-13-21(20)25/h7-13,15,22H,4-6,14,16-17H2,1-3H3,(H,26,29)/t22-/m1/s1. The van der Waals surface area contributed by atoms with E-state index in [1.165, 1.54) is 6.07 Å². The van der Waals surface area contributed by atoms with Crippen LogP contribution in [-0.4, -0.2) is 29.3 Å². The second-order valence-corrected chi connectivity index (χ2v) is 7.35. The highest BCUT2D eigenvalue weighted by molar-refractivity contribution is 5.88. The summed E-state index contributed by atoms with van der Waals surface area (Å²) >= 11 is 0. The van der Waals surface area contributed by atoms with Crippen molar-refractivity contribution in [3.63, 3.8) is 0 Å². The Morgan fingerprint density at radius 1 is 1.10 bits per heavy atom. The summed E-state index contributed by atoms with van der Waals surface area (Å²) in [4.78, 5) is 27.5. The maximum Gasteiger partial charge on any atom is 0.242 e. The van der Waals surface area contributed by atoms with Crippen molar-refractivity contribution in [2.24, 2.45) is 0 Å². The maximum atomic E-state index is 14.1. The van der Waals surface area contributed by atoms with Gasteiger partial charge in [0.25, 0.3) is 0 Å². The summed E-state index contributed by atoms with van der Waals surface area (Å²) in [7, 11) is 0. The largest absolute Gasteiger partial charge is 0.354 e. The number of halogens is 1. The lowest BCUT2D eigenvalue weighted by atomic mass is 10.1. The van der Waals surface area contributed by atoms with Gasteiger partial charge < -0.3 is 10.2 Å². The van der Waals surface area contributed by atoms with E-state index in [-0.39, 0.29) is 18.2 Å². The van der Waals surface area contributed by atoms with Crippen LogP contribution in [0.3, 0.4) is 0 Å². The molecular formula is C24H31FN2O2. The number of carbonyl (C=O) groups is 2. The zero-order chi connectivity index (χ0) is 21.2. The molecule has 0 unspecified atom stereocenters. The topological polar surface area (TPSA) is 49.4 Å². The summed E-state index contributed by atoms with van der Waals surface area (Å²) in [6, 6.07) is 13.6. The number of amides is 2. The fraction of sp³-hybridized carbons (Fsp3) is 0.417. The van der Waals surface area contributed by atoms with Gasteiger partial charge in [0.05, 0.1) is 6.42 Å². The van der Waals surface area contributed by atoms with Gasteiger partial charge in [-0.3, -0.25) is 9.59 Å². The molecule has 2 aromatic carbocycles. The van der Waals surface area contributed by atoms with Crippen LogP contribution in [0.2, 0.25) is 0 Å². The first-order chi connectivity index (χ1) is 14.0. The number of hydrogen-bond acceptors (Lipinski definition) is 2. The van der Waals surface area contributed by atoms with Crippen LogP contribution in [0, 0.1) is 12.7 Å². The van der Waals surface area contributed by atoms with E-state index in [9.17, 15) is 14.0 Å². The van der Waals surface area contributed by atoms with Crippen LogP contribution < -0.4 is 5.32 Å². The van der Waals surface area contributed by atoms with E-state index in [1.54, 1.807) is 23.1 Å². The number of unbranched alkanes of at least 4 members (excludes halogenated alkanes) is 1. The Balaban J connectivity index is 2.26. The first-order valence-electron chi connectivity index (χ1n) is 10.3. The Kier molecular flexibility index (Phi) is 8.84. The number of nitrogens with one attached hydrogen (secondary N) is 1. The van der Waals surface area contributed by atoms with Crippen molar-refractivity contribution in [2.45, 2.75) is 59.0 Å². The van der Waals surface area contributed by atoms with Crippen molar-refractivity contribution in [3.05, 3.63) is 71.0 Å². The lowest BCUT2D eigenvalue weighted by Crippen LogP contribution is -2.49. The molecule has 0 fully saturated rings. The lowest BCUT2D eigenvalue weighted by molar-refractivity contribution is -0.141. The molecule has 0 aliphatic heterocycles. The molecule has 0 radical (unpaired) electrons. The minimum atomic E-state index is -0.591. The summed E-state index contributed by atoms with van der Waals surface area (Å²) in [6.45, 7) is 6.85. The molecule has 1 atom stereocenters. The highest BCUT2D eigenvalue weighted by atomic mass is 19.1. The third kappa shape index (κ3) is 6.70. The second kappa shape index (κ2) is 11.3. The van der Waals surface area contributed by atoms with Crippen molar-refractivity contribution in [3.8, 4) is 0 Å². The molecular weight excluding hydrogens is 367 g/mol. The molecule has 0 bridgehead atoms. The van der Waals surface area contributed by atoms with Gasteiger partial charge in [-0.1, -0.05) is 68.3 Å². The zero-order valence-electron chi connectivity index (χ0n) is 17.6. The van der Waals surface area contributed by atoms with Crippen LogP contribution in [0.1, 0.15) is 49.8 Å². The Hall–Kier alpha value is -2.69. The number of aryl methyl sites for hydroxylation is 1. The molecule has 156 valence electrons. The van der Waals surface area contributed by atoms with Gasteiger partial charge in [0.15, 0.2) is 0 Å². The summed E-state index contributed by atoms with van der Waals surface area (Å²) in [5.41, 5.74) is 2.38. The average molecular weight is 399 g/mol. The highest BCUT2D eigenvalue weighted by Crippen LogP contribution is 2.17. The molecule has 0 aromatic heterocycles. The summed E-state index contributed by atoms with van der Waals surface area (Å²) in [5.74, 6) is -0.818. The molecule has 2 rings (SSSR count). The van der Waals surface area contributed by atoms with Crippen molar-refractivity contribution >= 4 is 11.8 Å². The maximum absolute atomic E-state index is 14.1. The molecule has 5 heteroatoms. The number of benzene rings is 2. The number of hydrogen-bond donors (Lipinski definition) is 1. The zero-order valence-corrected chi connectivity index (χ0v) is 17.6. The van der Waals surface area contributed by atoms with Crippen LogP contribution in [0.25, 0.3) is 0 Å². The second-order valence-electron chi connectivity index (χ2n) is 7.35. The van der Waals surface area contributed by atoms with E-state index >= 15 is 0 Å². The van der Waals surface area contributed by atoms with Gasteiger partial charge in [-0.05, 0) is 37.0 Å². The van der Waals surface area contributed by atoms with Gasteiger partial charge in [0.1, 0.15) is 11.9 Å². The minimum absolute atomic E-state index is 0.0722. The van der Waals surface area contributed by atoms with Gasteiger partial charge in [0.2, 0.25) is 11.8 Å². The number of carbonyl (C=O) groups excluding carboxylic acids is 2. The smallest absolute Gasteiger partial charge is 0.242 e. The quantitative estimate of drug-likeness (QED) is 0.603. The summed E-state index contributed by atoms with van der Waals surface area (Å²) in [5, 5.41) is 2.94. The first-order valence-corrected chi connectivity index (χ1v) is 10.3. The van der Waals surface area contributed by atoms with Crippen LogP contribution in [0.15, 0.2) is 48.5 Å². The highest BCUT2D eigenvalue weighted by Gasteiger charge is 2.28. The van der Waals surface area contributed by atoms with E-state index in [0.717, 1.165) is 24.0 Å². The molecule has 0 spiro atoms. The van der Waals surface area contributed by atoms with Crippen LogP contribution in [-0.2, 0) is 22.6 Å². The normalized spacial score (nSPS) is 11.7. The molecule has 0 saturated heterocycles. The Labute approximate surface area is 173 Å². The van der Waals surface area contributed by atoms with Gasteiger partial charge >= 0.3 is 0 Å². The van der Waals surface area contributed by atoms with Gasteiger partial charge in [-0.25, -0.2) is 4.39 Å². The molecule has 0 aliphatic rings. The van der Waals surface area contributed by atoms with Gasteiger partial charge in [-0.15, -0.1) is 0 Å². The fourth-order valence-electron chi connectivity index (χ4n) is 3.34. The summed E-state index contributed by atoms with van der Waals surface area (Å²) < 4.78 is 14.1. The van der Waals surface area contributed by atoms with E-state index in [4.69, 9.17) is 0 Å². The van der Waals surface area contributed by atoms with E-state index in [1.807, 2.05) is 38.1 Å². The van der Waals surface area contributed by atoms with Crippen LogP contribution >= 0.6 is 0 Å². The Bertz CT molecular complexity index is 822. The van der Waals surface area contributed by atoms with Crippen molar-refractivity contribution < 1.29 is 14.0 Å². The minimum Gasteiger partial charge on any atom is -0.354 e.